The van der Waals surface area contributed by atoms with Crippen LogP contribution in [0.2, 0.25) is 0 Å². The zero-order valence-electron chi connectivity index (χ0n) is 10.2. The number of hydrazone groups is 1. The molecular formula is C13H14N2O3S. The quantitative estimate of drug-likeness (QED) is 0.818. The molecule has 1 aliphatic rings. The van der Waals surface area contributed by atoms with Crippen LogP contribution >= 0.6 is 12.6 Å². The van der Waals surface area contributed by atoms with E-state index >= 15 is 0 Å². The van der Waals surface area contributed by atoms with Gasteiger partial charge in [0.2, 0.25) is 5.91 Å². The molecule has 0 fully saturated rings. The molecule has 1 aromatic carbocycles. The van der Waals surface area contributed by atoms with Gasteiger partial charge in [0.05, 0.1) is 5.71 Å². The predicted molar refractivity (Wildman–Crippen MR) is 74.3 cm³/mol. The summed E-state index contributed by atoms with van der Waals surface area (Å²) in [5.74, 6) is -0.978. The molecule has 0 aliphatic carbocycles. The fourth-order valence-corrected chi connectivity index (χ4v) is 2.14. The average molecular weight is 278 g/mol. The van der Waals surface area contributed by atoms with Crippen LogP contribution in [0.25, 0.3) is 0 Å². The second-order valence-corrected chi connectivity index (χ2v) is 4.63. The normalized spacial score (nSPS) is 18.3. The van der Waals surface area contributed by atoms with E-state index < -0.39 is 12.0 Å². The summed E-state index contributed by atoms with van der Waals surface area (Å²) in [4.78, 5) is 23.1. The predicted octanol–water partition coefficient (Wildman–Crippen LogP) is 1.40. The highest BCUT2D eigenvalue weighted by Gasteiger charge is 2.36. The number of carbonyl (C=O) groups is 2. The molecule has 1 N–H and O–H groups in total. The summed E-state index contributed by atoms with van der Waals surface area (Å²) in [7, 11) is 0. The van der Waals surface area contributed by atoms with E-state index in [0.717, 1.165) is 10.6 Å². The number of benzene rings is 1. The first-order valence-corrected chi connectivity index (χ1v) is 6.55. The molecule has 1 heterocycles. The third-order valence-electron chi connectivity index (χ3n) is 2.88. The van der Waals surface area contributed by atoms with E-state index in [-0.39, 0.29) is 18.7 Å². The van der Waals surface area contributed by atoms with Crippen molar-refractivity contribution in [3.63, 3.8) is 0 Å². The molecule has 2 rings (SSSR count). The summed E-state index contributed by atoms with van der Waals surface area (Å²) >= 11 is 3.98. The highest BCUT2D eigenvalue weighted by atomic mass is 32.1. The topological polar surface area (TPSA) is 70.0 Å². The van der Waals surface area contributed by atoms with Gasteiger partial charge in [0.15, 0.2) is 6.04 Å². The van der Waals surface area contributed by atoms with Gasteiger partial charge in [-0.15, -0.1) is 0 Å². The molecule has 1 unspecified atom stereocenters. The summed E-state index contributed by atoms with van der Waals surface area (Å²) < 4.78 is 0. The monoisotopic (exact) mass is 278 g/mol. The SMILES string of the molecule is O=C(O)C1CC(c2ccccc2)=NN1C(=O)CCS. The number of nitrogens with zero attached hydrogens (tertiary/aromatic N) is 2. The molecule has 1 aliphatic heterocycles. The molecule has 1 amide bonds. The maximum absolute atomic E-state index is 11.8. The van der Waals surface area contributed by atoms with Crippen molar-refractivity contribution in [3.8, 4) is 0 Å². The van der Waals surface area contributed by atoms with Crippen LogP contribution in [-0.2, 0) is 9.59 Å². The van der Waals surface area contributed by atoms with E-state index in [1.165, 1.54) is 0 Å². The van der Waals surface area contributed by atoms with Gasteiger partial charge in [0.25, 0.3) is 0 Å². The number of carboxylic acid groups (broad SMARTS) is 1. The molecule has 0 saturated heterocycles. The Balaban J connectivity index is 2.26. The van der Waals surface area contributed by atoms with Gasteiger partial charge in [-0.2, -0.15) is 17.7 Å². The van der Waals surface area contributed by atoms with E-state index in [0.29, 0.717) is 11.5 Å². The molecule has 5 nitrogen and oxygen atoms in total. The lowest BCUT2D eigenvalue weighted by Gasteiger charge is -2.17. The van der Waals surface area contributed by atoms with E-state index in [1.54, 1.807) is 0 Å². The van der Waals surface area contributed by atoms with Crippen LogP contribution in [0.15, 0.2) is 35.4 Å². The van der Waals surface area contributed by atoms with Crippen molar-refractivity contribution < 1.29 is 14.7 Å². The first kappa shape index (κ1) is 13.6. The van der Waals surface area contributed by atoms with E-state index in [9.17, 15) is 14.7 Å². The lowest BCUT2D eigenvalue weighted by Crippen LogP contribution is -2.38. The van der Waals surface area contributed by atoms with Crippen molar-refractivity contribution in [1.29, 1.82) is 0 Å². The Morgan fingerprint density at radius 1 is 1.37 bits per heavy atom. The first-order valence-electron chi connectivity index (χ1n) is 5.92. The average Bonchev–Trinajstić information content (AvgIpc) is 2.85. The first-order chi connectivity index (χ1) is 9.13. The van der Waals surface area contributed by atoms with Crippen molar-refractivity contribution in [2.24, 2.45) is 5.10 Å². The Morgan fingerprint density at radius 3 is 2.63 bits per heavy atom. The van der Waals surface area contributed by atoms with Gasteiger partial charge >= 0.3 is 5.97 Å². The van der Waals surface area contributed by atoms with E-state index in [1.807, 2.05) is 30.3 Å². The number of hydrogen-bond donors (Lipinski definition) is 2. The van der Waals surface area contributed by atoms with Crippen LogP contribution in [0.5, 0.6) is 0 Å². The van der Waals surface area contributed by atoms with Crippen LogP contribution in [0.3, 0.4) is 0 Å². The van der Waals surface area contributed by atoms with Crippen LogP contribution in [0.1, 0.15) is 18.4 Å². The molecule has 0 spiro atoms. The van der Waals surface area contributed by atoms with Gasteiger partial charge in [0, 0.05) is 12.8 Å². The summed E-state index contributed by atoms with van der Waals surface area (Å²) in [5, 5.41) is 14.4. The zero-order chi connectivity index (χ0) is 13.8. The number of carbonyl (C=O) groups excluding carboxylic acids is 1. The minimum absolute atomic E-state index is 0.179. The minimum Gasteiger partial charge on any atom is -0.480 e. The molecule has 1 aromatic rings. The van der Waals surface area contributed by atoms with Crippen LogP contribution in [0, 0.1) is 0 Å². The molecule has 0 aromatic heterocycles. The van der Waals surface area contributed by atoms with Gasteiger partial charge in [-0.25, -0.2) is 9.80 Å². The van der Waals surface area contributed by atoms with E-state index in [4.69, 9.17) is 0 Å². The smallest absolute Gasteiger partial charge is 0.329 e. The standard InChI is InChI=1S/C13H14N2O3S/c16-12(6-7-19)15-11(13(17)18)8-10(14-15)9-4-2-1-3-5-9/h1-5,11,19H,6-8H2,(H,17,18). The Bertz CT molecular complexity index is 516. The van der Waals surface area contributed by atoms with Gasteiger partial charge in [0.1, 0.15) is 0 Å². The van der Waals surface area contributed by atoms with Crippen molar-refractivity contribution in [1.82, 2.24) is 5.01 Å². The summed E-state index contributed by atoms with van der Waals surface area (Å²) in [6.07, 6.45) is 0.413. The number of carboxylic acids is 1. The molecule has 100 valence electrons. The fourth-order valence-electron chi connectivity index (χ4n) is 1.95. The molecule has 0 saturated carbocycles. The second-order valence-electron chi connectivity index (χ2n) is 4.18. The Kier molecular flexibility index (Phi) is 4.21. The number of thiol groups is 1. The molecule has 1 atom stereocenters. The fraction of sp³-hybridized carbons (Fsp3) is 0.308. The molecule has 0 radical (unpaired) electrons. The maximum atomic E-state index is 11.8. The van der Waals surface area contributed by atoms with Gasteiger partial charge in [-0.1, -0.05) is 30.3 Å². The van der Waals surface area contributed by atoms with Crippen molar-refractivity contribution in [3.05, 3.63) is 35.9 Å². The van der Waals surface area contributed by atoms with Gasteiger partial charge in [-0.05, 0) is 11.3 Å². The van der Waals surface area contributed by atoms with Crippen molar-refractivity contribution in [2.75, 3.05) is 5.75 Å². The maximum Gasteiger partial charge on any atom is 0.329 e. The Morgan fingerprint density at radius 2 is 2.05 bits per heavy atom. The Hall–Kier alpha value is -1.82. The number of amides is 1. The zero-order valence-corrected chi connectivity index (χ0v) is 11.1. The highest BCUT2D eigenvalue weighted by molar-refractivity contribution is 7.80. The third-order valence-corrected chi connectivity index (χ3v) is 3.11. The lowest BCUT2D eigenvalue weighted by molar-refractivity contribution is -0.148. The van der Waals surface area contributed by atoms with Crippen LogP contribution in [0.4, 0.5) is 0 Å². The third kappa shape index (κ3) is 2.96. The number of hydrogen-bond acceptors (Lipinski definition) is 4. The largest absolute Gasteiger partial charge is 0.480 e. The Labute approximate surface area is 116 Å². The molecule has 0 bridgehead atoms. The minimum atomic E-state index is -1.04. The summed E-state index contributed by atoms with van der Waals surface area (Å²) in [5.41, 5.74) is 1.47. The molecular weight excluding hydrogens is 264 g/mol. The molecule has 19 heavy (non-hydrogen) atoms. The summed E-state index contributed by atoms with van der Waals surface area (Å²) in [6.45, 7) is 0. The van der Waals surface area contributed by atoms with Gasteiger partial charge < -0.3 is 5.11 Å². The van der Waals surface area contributed by atoms with E-state index in [2.05, 4.69) is 17.7 Å². The van der Waals surface area contributed by atoms with Crippen molar-refractivity contribution >= 4 is 30.2 Å². The van der Waals surface area contributed by atoms with Crippen LogP contribution in [-0.4, -0.2) is 39.5 Å². The molecule has 6 heteroatoms. The summed E-state index contributed by atoms with van der Waals surface area (Å²) in [6, 6.07) is 8.37. The number of rotatable bonds is 4. The lowest BCUT2D eigenvalue weighted by atomic mass is 10.0. The number of aliphatic carboxylic acids is 1. The highest BCUT2D eigenvalue weighted by Crippen LogP contribution is 2.21. The second kappa shape index (κ2) is 5.88. The van der Waals surface area contributed by atoms with Crippen LogP contribution < -0.4 is 0 Å². The van der Waals surface area contributed by atoms with Crippen molar-refractivity contribution in [2.45, 2.75) is 18.9 Å². The van der Waals surface area contributed by atoms with Gasteiger partial charge in [-0.3, -0.25) is 4.79 Å².